The van der Waals surface area contributed by atoms with Gasteiger partial charge in [0, 0.05) is 34.7 Å². The molecule has 0 radical (unpaired) electrons. The van der Waals surface area contributed by atoms with Crippen LogP contribution in [0.5, 0.6) is 0 Å². The molecule has 0 bridgehead atoms. The van der Waals surface area contributed by atoms with Crippen LogP contribution in [0.1, 0.15) is 52.0 Å². The molecule has 1 N–H and O–H groups in total. The van der Waals surface area contributed by atoms with Gasteiger partial charge in [-0.15, -0.1) is 0 Å². The van der Waals surface area contributed by atoms with Gasteiger partial charge in [0.1, 0.15) is 12.4 Å². The zero-order valence-electron chi connectivity index (χ0n) is 17.4. The van der Waals surface area contributed by atoms with Gasteiger partial charge >= 0.3 is 5.97 Å². The van der Waals surface area contributed by atoms with E-state index in [4.69, 9.17) is 4.74 Å². The molecule has 1 aromatic carbocycles. The lowest BCUT2D eigenvalue weighted by Gasteiger charge is -2.39. The number of dihydropyridines is 1. The lowest BCUT2D eigenvalue weighted by molar-refractivity contribution is -0.138. The summed E-state index contributed by atoms with van der Waals surface area (Å²) in [5, 5.41) is 3.27. The second kappa shape index (κ2) is 8.74. The normalized spacial score (nSPS) is 21.0. The number of allylic oxidation sites excluding steroid dienone is 3. The summed E-state index contributed by atoms with van der Waals surface area (Å²) in [5.41, 5.74) is 2.38. The van der Waals surface area contributed by atoms with Crippen molar-refractivity contribution in [3.8, 4) is 0 Å². The van der Waals surface area contributed by atoms with E-state index in [1.54, 1.807) is 36.9 Å². The molecule has 1 heterocycles. The van der Waals surface area contributed by atoms with Crippen LogP contribution in [-0.4, -0.2) is 29.9 Å². The first-order valence-corrected chi connectivity index (χ1v) is 11.1. The maximum absolute atomic E-state index is 14.8. The largest absolute Gasteiger partial charge is 0.461 e. The van der Waals surface area contributed by atoms with Gasteiger partial charge in [0.2, 0.25) is 0 Å². The molecule has 1 atom stereocenters. The predicted octanol–water partition coefficient (Wildman–Crippen LogP) is 4.73. The summed E-state index contributed by atoms with van der Waals surface area (Å²) >= 11 is 1.68. The summed E-state index contributed by atoms with van der Waals surface area (Å²) in [4.78, 5) is 26.1. The summed E-state index contributed by atoms with van der Waals surface area (Å²) < 4.78 is 20.3. The van der Waals surface area contributed by atoms with Crippen molar-refractivity contribution in [3.05, 3.63) is 58.2 Å². The Balaban J connectivity index is 2.05. The Bertz CT molecular complexity index is 888. The van der Waals surface area contributed by atoms with E-state index in [0.29, 0.717) is 41.0 Å². The standard InChI is InChI=1S/C23H28FNO3S/c1-5-29-11-10-28-22(27)19-14(2)25-17-12-23(3,4)13-18(26)21(17)20(19)15-8-6-7-9-16(15)24/h6-9,20,25H,5,10-13H2,1-4H3. The Labute approximate surface area is 176 Å². The number of hydrogen-bond acceptors (Lipinski definition) is 5. The second-order valence-electron chi connectivity index (χ2n) is 8.28. The SMILES string of the molecule is CCSCCOC(=O)C1=C(C)NC2=C(C(=O)CC(C)(C)C2)C1c1ccccc1F. The third-order valence-corrected chi connectivity index (χ3v) is 6.20. The van der Waals surface area contributed by atoms with E-state index >= 15 is 0 Å². The van der Waals surface area contributed by atoms with Crippen LogP contribution < -0.4 is 5.32 Å². The fourth-order valence-corrected chi connectivity index (χ4v) is 4.63. The molecule has 0 saturated heterocycles. The summed E-state index contributed by atoms with van der Waals surface area (Å²) in [6.07, 6.45) is 1.04. The average Bonchev–Trinajstić information content (AvgIpc) is 2.63. The molecule has 6 heteroatoms. The number of benzene rings is 1. The molecule has 4 nitrogen and oxygen atoms in total. The predicted molar refractivity (Wildman–Crippen MR) is 114 cm³/mol. The minimum absolute atomic E-state index is 0.0451. The highest BCUT2D eigenvalue weighted by Crippen LogP contribution is 2.47. The first kappa shape index (κ1) is 21.6. The number of carbonyl (C=O) groups is 2. The molecule has 0 spiro atoms. The lowest BCUT2D eigenvalue weighted by Crippen LogP contribution is -2.39. The molecule has 0 aromatic heterocycles. The van der Waals surface area contributed by atoms with Gasteiger partial charge in [0.25, 0.3) is 0 Å². The van der Waals surface area contributed by atoms with Gasteiger partial charge in [-0.05, 0) is 30.6 Å². The molecule has 1 aliphatic heterocycles. The second-order valence-corrected chi connectivity index (χ2v) is 9.68. The van der Waals surface area contributed by atoms with Crippen LogP contribution in [0.25, 0.3) is 0 Å². The van der Waals surface area contributed by atoms with E-state index in [2.05, 4.69) is 5.32 Å². The van der Waals surface area contributed by atoms with Crippen molar-refractivity contribution in [1.29, 1.82) is 0 Å². The Morgan fingerprint density at radius 2 is 2.03 bits per heavy atom. The van der Waals surface area contributed by atoms with Crippen molar-refractivity contribution in [1.82, 2.24) is 5.32 Å². The van der Waals surface area contributed by atoms with Gasteiger partial charge < -0.3 is 10.1 Å². The number of nitrogens with one attached hydrogen (secondary N) is 1. The Morgan fingerprint density at radius 3 is 2.72 bits per heavy atom. The molecule has 156 valence electrons. The molecule has 0 amide bonds. The quantitative estimate of drug-likeness (QED) is 0.536. The van der Waals surface area contributed by atoms with Crippen LogP contribution in [-0.2, 0) is 14.3 Å². The minimum Gasteiger partial charge on any atom is -0.461 e. The highest BCUT2D eigenvalue weighted by atomic mass is 32.2. The Kier molecular flexibility index (Phi) is 6.52. The van der Waals surface area contributed by atoms with Gasteiger partial charge in [-0.25, -0.2) is 9.18 Å². The number of rotatable bonds is 6. The molecule has 1 aromatic rings. The molecular weight excluding hydrogens is 389 g/mol. The molecule has 1 aliphatic carbocycles. The van der Waals surface area contributed by atoms with Crippen molar-refractivity contribution in [2.45, 2.75) is 46.5 Å². The fraction of sp³-hybridized carbons (Fsp3) is 0.478. The minimum atomic E-state index is -0.748. The molecule has 0 fully saturated rings. The summed E-state index contributed by atoms with van der Waals surface area (Å²) in [5.74, 6) is -0.0708. The third-order valence-electron chi connectivity index (χ3n) is 5.34. The number of ketones is 1. The average molecular weight is 418 g/mol. The van der Waals surface area contributed by atoms with Crippen molar-refractivity contribution in [2.75, 3.05) is 18.1 Å². The van der Waals surface area contributed by atoms with E-state index in [1.165, 1.54) is 6.07 Å². The van der Waals surface area contributed by atoms with E-state index in [1.807, 2.05) is 20.8 Å². The highest BCUT2D eigenvalue weighted by Gasteiger charge is 2.43. The first-order chi connectivity index (χ1) is 13.7. The van der Waals surface area contributed by atoms with E-state index in [9.17, 15) is 14.0 Å². The summed E-state index contributed by atoms with van der Waals surface area (Å²) in [6, 6.07) is 6.35. The van der Waals surface area contributed by atoms with Gasteiger partial charge in [0.15, 0.2) is 5.78 Å². The first-order valence-electron chi connectivity index (χ1n) is 9.98. The Morgan fingerprint density at radius 1 is 1.31 bits per heavy atom. The molecule has 3 rings (SSSR count). The molecule has 2 aliphatic rings. The Hall–Kier alpha value is -2.08. The summed E-state index contributed by atoms with van der Waals surface area (Å²) in [7, 11) is 0. The summed E-state index contributed by atoms with van der Waals surface area (Å²) in [6.45, 7) is 8.21. The number of esters is 1. The number of halogens is 1. The van der Waals surface area contributed by atoms with Gasteiger partial charge in [-0.3, -0.25) is 4.79 Å². The number of ether oxygens (including phenoxy) is 1. The number of hydrogen-bond donors (Lipinski definition) is 1. The van der Waals surface area contributed by atoms with Crippen LogP contribution in [0, 0.1) is 11.2 Å². The van der Waals surface area contributed by atoms with Crippen molar-refractivity contribution < 1.29 is 18.7 Å². The number of carbonyl (C=O) groups excluding carboxylic acids is 2. The molecular formula is C23H28FNO3S. The topological polar surface area (TPSA) is 55.4 Å². The number of Topliss-reactive ketones (excluding diaryl/α,β-unsaturated/α-hetero) is 1. The van der Waals surface area contributed by atoms with Crippen molar-refractivity contribution in [2.24, 2.45) is 5.41 Å². The van der Waals surface area contributed by atoms with Crippen LogP contribution in [0.15, 0.2) is 46.8 Å². The third kappa shape index (κ3) is 4.58. The van der Waals surface area contributed by atoms with E-state index < -0.39 is 17.7 Å². The molecule has 0 saturated carbocycles. The maximum atomic E-state index is 14.8. The highest BCUT2D eigenvalue weighted by molar-refractivity contribution is 7.99. The van der Waals surface area contributed by atoms with Crippen LogP contribution >= 0.6 is 11.8 Å². The molecule has 29 heavy (non-hydrogen) atoms. The number of thioether (sulfide) groups is 1. The van der Waals surface area contributed by atoms with Crippen LogP contribution in [0.2, 0.25) is 0 Å². The van der Waals surface area contributed by atoms with Crippen LogP contribution in [0.4, 0.5) is 4.39 Å². The lowest BCUT2D eigenvalue weighted by atomic mass is 9.68. The monoisotopic (exact) mass is 417 g/mol. The van der Waals surface area contributed by atoms with Crippen molar-refractivity contribution in [3.63, 3.8) is 0 Å². The zero-order valence-corrected chi connectivity index (χ0v) is 18.2. The van der Waals surface area contributed by atoms with Gasteiger partial charge in [-0.2, -0.15) is 11.8 Å². The van der Waals surface area contributed by atoms with Crippen LogP contribution in [0.3, 0.4) is 0 Å². The maximum Gasteiger partial charge on any atom is 0.336 e. The fourth-order valence-electron chi connectivity index (χ4n) is 4.14. The van der Waals surface area contributed by atoms with Crippen molar-refractivity contribution >= 4 is 23.5 Å². The van der Waals surface area contributed by atoms with E-state index in [-0.39, 0.29) is 17.8 Å². The van der Waals surface area contributed by atoms with Gasteiger partial charge in [-0.1, -0.05) is 39.0 Å². The smallest absolute Gasteiger partial charge is 0.336 e. The van der Waals surface area contributed by atoms with E-state index in [0.717, 1.165) is 11.4 Å². The zero-order chi connectivity index (χ0) is 21.2. The molecule has 1 unspecified atom stereocenters. The van der Waals surface area contributed by atoms with Gasteiger partial charge in [0.05, 0.1) is 11.5 Å².